The van der Waals surface area contributed by atoms with Crippen LogP contribution >= 0.6 is 11.6 Å². The first kappa shape index (κ1) is 13.8. The molecule has 1 fully saturated rings. The summed E-state index contributed by atoms with van der Waals surface area (Å²) in [5, 5.41) is 0.144. The molecular weight excluding hydrogens is 292 g/mol. The van der Waals surface area contributed by atoms with Crippen LogP contribution in [-0.2, 0) is 0 Å². The minimum Gasteiger partial charge on any atom is -0.452 e. The van der Waals surface area contributed by atoms with Crippen LogP contribution in [0.4, 0.5) is 11.5 Å². The summed E-state index contributed by atoms with van der Waals surface area (Å²) in [5.41, 5.74) is 7.01. The number of amides is 1. The van der Waals surface area contributed by atoms with E-state index in [2.05, 4.69) is 9.88 Å². The van der Waals surface area contributed by atoms with Crippen molar-refractivity contribution in [2.75, 3.05) is 36.8 Å². The molecule has 1 amide bonds. The van der Waals surface area contributed by atoms with Gasteiger partial charge in [0.05, 0.1) is 23.7 Å². The van der Waals surface area contributed by atoms with Gasteiger partial charge in [-0.25, -0.2) is 4.98 Å². The van der Waals surface area contributed by atoms with Gasteiger partial charge in [0, 0.05) is 26.2 Å². The van der Waals surface area contributed by atoms with Crippen molar-refractivity contribution in [3.63, 3.8) is 0 Å². The minimum absolute atomic E-state index is 0.0937. The quantitative estimate of drug-likeness (QED) is 0.916. The number of piperazine rings is 1. The third kappa shape index (κ3) is 2.80. The zero-order valence-electron chi connectivity index (χ0n) is 11.3. The average molecular weight is 307 g/mol. The molecule has 0 spiro atoms. The van der Waals surface area contributed by atoms with E-state index in [1.54, 1.807) is 23.2 Å². The van der Waals surface area contributed by atoms with E-state index in [9.17, 15) is 4.79 Å². The van der Waals surface area contributed by atoms with Crippen LogP contribution in [-0.4, -0.2) is 42.0 Å². The van der Waals surface area contributed by atoms with Crippen molar-refractivity contribution in [1.82, 2.24) is 9.88 Å². The number of nitrogens with two attached hydrogens (primary N) is 1. The van der Waals surface area contributed by atoms with Crippen molar-refractivity contribution in [3.05, 3.63) is 41.4 Å². The predicted molar refractivity (Wildman–Crippen MR) is 80.5 cm³/mol. The summed E-state index contributed by atoms with van der Waals surface area (Å²) in [7, 11) is 0. The molecular formula is C14H15ClN4O2. The summed E-state index contributed by atoms with van der Waals surface area (Å²) in [4.78, 5) is 20.3. The number of nitrogens with zero attached hydrogens (tertiary/aromatic N) is 3. The summed E-state index contributed by atoms with van der Waals surface area (Å²) in [6.07, 6.45) is 3.17. The van der Waals surface area contributed by atoms with Crippen molar-refractivity contribution >= 4 is 29.0 Å². The fraction of sp³-hybridized carbons (Fsp3) is 0.286. The number of pyridine rings is 1. The molecule has 1 saturated heterocycles. The highest BCUT2D eigenvalue weighted by Gasteiger charge is 2.24. The highest BCUT2D eigenvalue weighted by molar-refractivity contribution is 6.32. The van der Waals surface area contributed by atoms with Gasteiger partial charge in [-0.05, 0) is 29.8 Å². The number of carbonyl (C=O) groups is 1. The van der Waals surface area contributed by atoms with E-state index < -0.39 is 0 Å². The number of nitrogen functional groups attached to an aromatic ring is 1. The van der Waals surface area contributed by atoms with E-state index in [1.165, 1.54) is 6.26 Å². The van der Waals surface area contributed by atoms with Gasteiger partial charge in [0.1, 0.15) is 5.82 Å². The van der Waals surface area contributed by atoms with Crippen LogP contribution in [0.1, 0.15) is 10.4 Å². The van der Waals surface area contributed by atoms with Gasteiger partial charge in [0.15, 0.2) is 0 Å². The van der Waals surface area contributed by atoms with Crippen LogP contribution < -0.4 is 10.6 Å². The van der Waals surface area contributed by atoms with E-state index in [0.29, 0.717) is 24.5 Å². The first-order chi connectivity index (χ1) is 10.1. The highest BCUT2D eigenvalue weighted by atomic mass is 35.5. The standard InChI is InChI=1S/C14H15ClN4O2/c15-13-11(3-8-21-13)14(20)19-6-4-18(5-7-19)10-1-2-12(16)17-9-10/h1-3,8-9H,4-7H2,(H2,16,17). The van der Waals surface area contributed by atoms with Gasteiger partial charge in [-0.3, -0.25) is 4.79 Å². The Morgan fingerprint density at radius 1 is 1.24 bits per heavy atom. The topological polar surface area (TPSA) is 75.6 Å². The molecule has 0 radical (unpaired) electrons. The maximum Gasteiger partial charge on any atom is 0.258 e. The smallest absolute Gasteiger partial charge is 0.258 e. The summed E-state index contributed by atoms with van der Waals surface area (Å²) in [6.45, 7) is 2.75. The molecule has 1 aliphatic rings. The van der Waals surface area contributed by atoms with Crippen molar-refractivity contribution in [1.29, 1.82) is 0 Å². The Morgan fingerprint density at radius 3 is 2.57 bits per heavy atom. The average Bonchev–Trinajstić information content (AvgIpc) is 2.94. The predicted octanol–water partition coefficient (Wildman–Crippen LogP) is 1.87. The molecule has 2 aromatic rings. The van der Waals surface area contributed by atoms with Gasteiger partial charge < -0.3 is 20.0 Å². The molecule has 7 heteroatoms. The minimum atomic E-state index is -0.0937. The Bertz CT molecular complexity index is 633. The number of furan rings is 1. The molecule has 0 aromatic carbocycles. The highest BCUT2D eigenvalue weighted by Crippen LogP contribution is 2.21. The van der Waals surface area contributed by atoms with Crippen LogP contribution in [0.25, 0.3) is 0 Å². The lowest BCUT2D eigenvalue weighted by atomic mass is 10.2. The molecule has 110 valence electrons. The molecule has 0 bridgehead atoms. The van der Waals surface area contributed by atoms with Crippen LogP contribution in [0.3, 0.4) is 0 Å². The van der Waals surface area contributed by atoms with Crippen molar-refractivity contribution in [2.24, 2.45) is 0 Å². The summed E-state index contributed by atoms with van der Waals surface area (Å²) in [5.74, 6) is 0.408. The van der Waals surface area contributed by atoms with Crippen LogP contribution in [0.2, 0.25) is 5.22 Å². The van der Waals surface area contributed by atoms with Gasteiger partial charge in [-0.15, -0.1) is 0 Å². The second-order valence-electron chi connectivity index (χ2n) is 4.83. The number of aromatic nitrogens is 1. The maximum absolute atomic E-state index is 12.3. The molecule has 2 aromatic heterocycles. The molecule has 2 N–H and O–H groups in total. The Hall–Kier alpha value is -2.21. The van der Waals surface area contributed by atoms with Gasteiger partial charge in [0.25, 0.3) is 5.91 Å². The molecule has 0 aliphatic carbocycles. The van der Waals surface area contributed by atoms with E-state index in [0.717, 1.165) is 18.8 Å². The number of hydrogen-bond acceptors (Lipinski definition) is 5. The van der Waals surface area contributed by atoms with Gasteiger partial charge in [-0.1, -0.05) is 0 Å². The van der Waals surface area contributed by atoms with Gasteiger partial charge >= 0.3 is 0 Å². The Kier molecular flexibility index (Phi) is 3.70. The number of rotatable bonds is 2. The first-order valence-corrected chi connectivity index (χ1v) is 7.01. The molecule has 0 saturated carbocycles. The van der Waals surface area contributed by atoms with Crippen LogP contribution in [0.15, 0.2) is 35.1 Å². The molecule has 0 unspecified atom stereocenters. The lowest BCUT2D eigenvalue weighted by molar-refractivity contribution is 0.0746. The Morgan fingerprint density at radius 2 is 2.00 bits per heavy atom. The van der Waals surface area contributed by atoms with Crippen molar-refractivity contribution < 1.29 is 9.21 Å². The van der Waals surface area contributed by atoms with Crippen LogP contribution in [0.5, 0.6) is 0 Å². The monoisotopic (exact) mass is 306 g/mol. The number of carbonyl (C=O) groups excluding carboxylic acids is 1. The van der Waals surface area contributed by atoms with E-state index in [4.69, 9.17) is 21.8 Å². The fourth-order valence-electron chi connectivity index (χ4n) is 2.37. The molecule has 1 aliphatic heterocycles. The second-order valence-corrected chi connectivity index (χ2v) is 5.17. The van der Waals surface area contributed by atoms with E-state index in [-0.39, 0.29) is 11.1 Å². The third-order valence-corrected chi connectivity index (χ3v) is 3.84. The Balaban J connectivity index is 1.64. The fourth-order valence-corrected chi connectivity index (χ4v) is 2.56. The molecule has 6 nitrogen and oxygen atoms in total. The normalized spacial score (nSPS) is 15.3. The zero-order valence-corrected chi connectivity index (χ0v) is 12.1. The molecule has 0 atom stereocenters. The summed E-state index contributed by atoms with van der Waals surface area (Å²) >= 11 is 5.85. The largest absolute Gasteiger partial charge is 0.452 e. The van der Waals surface area contributed by atoms with Crippen LogP contribution in [0, 0.1) is 0 Å². The lowest BCUT2D eigenvalue weighted by Gasteiger charge is -2.35. The summed E-state index contributed by atoms with van der Waals surface area (Å²) in [6, 6.07) is 5.31. The third-order valence-electron chi connectivity index (χ3n) is 3.55. The maximum atomic E-state index is 12.3. The van der Waals surface area contributed by atoms with E-state index in [1.807, 2.05) is 6.07 Å². The van der Waals surface area contributed by atoms with Crippen molar-refractivity contribution in [3.8, 4) is 0 Å². The number of halogens is 1. The number of anilines is 2. The second kappa shape index (κ2) is 5.65. The van der Waals surface area contributed by atoms with Gasteiger partial charge in [-0.2, -0.15) is 0 Å². The van der Waals surface area contributed by atoms with Crippen molar-refractivity contribution in [2.45, 2.75) is 0 Å². The summed E-state index contributed by atoms with van der Waals surface area (Å²) < 4.78 is 4.97. The zero-order chi connectivity index (χ0) is 14.8. The lowest BCUT2D eigenvalue weighted by Crippen LogP contribution is -2.48. The number of hydrogen-bond donors (Lipinski definition) is 1. The molecule has 3 rings (SSSR count). The van der Waals surface area contributed by atoms with Gasteiger partial charge in [0.2, 0.25) is 5.22 Å². The Labute approximate surface area is 127 Å². The molecule has 21 heavy (non-hydrogen) atoms. The van der Waals surface area contributed by atoms with E-state index >= 15 is 0 Å². The first-order valence-electron chi connectivity index (χ1n) is 6.64. The molecule has 3 heterocycles. The SMILES string of the molecule is Nc1ccc(N2CCN(C(=O)c3ccoc3Cl)CC2)cn1.